The number of pyridine rings is 1. The summed E-state index contributed by atoms with van der Waals surface area (Å²) >= 11 is 0. The van der Waals surface area contributed by atoms with Crippen LogP contribution in [0.4, 0.5) is 5.69 Å². The highest BCUT2D eigenvalue weighted by molar-refractivity contribution is 6.52. The molecular weight excluding hydrogens is 256 g/mol. The molecule has 1 aliphatic rings. The van der Waals surface area contributed by atoms with Crippen molar-refractivity contribution in [3.8, 4) is 5.75 Å². The van der Waals surface area contributed by atoms with Crippen LogP contribution in [-0.2, 0) is 11.4 Å². The zero-order valence-electron chi connectivity index (χ0n) is 10.9. The van der Waals surface area contributed by atoms with Crippen LogP contribution < -0.4 is 9.64 Å². The topological polar surface area (TPSA) is 59.5 Å². The van der Waals surface area contributed by atoms with Crippen LogP contribution in [0.2, 0.25) is 0 Å². The van der Waals surface area contributed by atoms with E-state index in [9.17, 15) is 9.59 Å². The molecule has 0 atom stereocenters. The third-order valence-electron chi connectivity index (χ3n) is 3.23. The van der Waals surface area contributed by atoms with Gasteiger partial charge in [0.1, 0.15) is 12.4 Å². The Balaban J connectivity index is 1.80. The number of aromatic nitrogens is 1. The van der Waals surface area contributed by atoms with Gasteiger partial charge in [0.05, 0.1) is 11.3 Å². The summed E-state index contributed by atoms with van der Waals surface area (Å²) < 4.78 is 5.63. The highest BCUT2D eigenvalue weighted by Gasteiger charge is 2.33. The molecule has 0 N–H and O–H groups in total. The van der Waals surface area contributed by atoms with Crippen LogP contribution in [0.15, 0.2) is 42.7 Å². The predicted molar refractivity (Wildman–Crippen MR) is 72.8 cm³/mol. The van der Waals surface area contributed by atoms with Gasteiger partial charge in [0, 0.05) is 19.4 Å². The molecular formula is C15H12N2O3. The lowest BCUT2D eigenvalue weighted by atomic mass is 10.1. The molecule has 2 aromatic rings. The van der Waals surface area contributed by atoms with E-state index in [0.717, 1.165) is 5.56 Å². The quantitative estimate of drug-likeness (QED) is 0.797. The Morgan fingerprint density at radius 2 is 1.90 bits per heavy atom. The highest BCUT2D eigenvalue weighted by Crippen LogP contribution is 2.31. The van der Waals surface area contributed by atoms with Crippen molar-refractivity contribution in [3.05, 3.63) is 53.9 Å². The molecule has 0 saturated carbocycles. The summed E-state index contributed by atoms with van der Waals surface area (Å²) in [5.74, 6) is -0.430. The van der Waals surface area contributed by atoms with Gasteiger partial charge < -0.3 is 9.64 Å². The lowest BCUT2D eigenvalue weighted by Gasteiger charge is -2.10. The number of ether oxygens (including phenoxy) is 1. The maximum Gasteiger partial charge on any atom is 0.299 e. The number of likely N-dealkylation sites (N-methyl/N-ethyl adjacent to an activating group) is 1. The van der Waals surface area contributed by atoms with E-state index in [2.05, 4.69) is 4.98 Å². The predicted octanol–water partition coefficient (Wildman–Crippen LogP) is 1.82. The second-order valence-corrected chi connectivity index (χ2v) is 4.52. The summed E-state index contributed by atoms with van der Waals surface area (Å²) in [4.78, 5) is 28.6. The molecule has 20 heavy (non-hydrogen) atoms. The highest BCUT2D eigenvalue weighted by atomic mass is 16.5. The number of hydrogen-bond acceptors (Lipinski definition) is 4. The maximum absolute atomic E-state index is 11.8. The van der Waals surface area contributed by atoms with Crippen molar-refractivity contribution in [2.75, 3.05) is 11.9 Å². The Kier molecular flexibility index (Phi) is 2.95. The number of carbonyl (C=O) groups excluding carboxylic acids is 2. The zero-order valence-corrected chi connectivity index (χ0v) is 10.9. The molecule has 0 spiro atoms. The SMILES string of the molecule is CN1C(=O)C(=O)c2cc(OCc3ccncc3)ccc21. The molecule has 5 nitrogen and oxygen atoms in total. The Morgan fingerprint density at radius 1 is 1.15 bits per heavy atom. The maximum atomic E-state index is 11.8. The molecule has 5 heteroatoms. The Labute approximate surface area is 115 Å². The van der Waals surface area contributed by atoms with Gasteiger partial charge in [-0.25, -0.2) is 0 Å². The average molecular weight is 268 g/mol. The first-order chi connectivity index (χ1) is 9.66. The smallest absolute Gasteiger partial charge is 0.299 e. The lowest BCUT2D eigenvalue weighted by Crippen LogP contribution is -2.24. The summed E-state index contributed by atoms with van der Waals surface area (Å²) in [6.07, 6.45) is 3.39. The monoisotopic (exact) mass is 268 g/mol. The molecule has 1 aromatic carbocycles. The fourth-order valence-corrected chi connectivity index (χ4v) is 2.10. The summed E-state index contributed by atoms with van der Waals surface area (Å²) in [5.41, 5.74) is 2.00. The van der Waals surface area contributed by atoms with Crippen molar-refractivity contribution in [1.29, 1.82) is 0 Å². The second-order valence-electron chi connectivity index (χ2n) is 4.52. The molecule has 100 valence electrons. The van der Waals surface area contributed by atoms with Gasteiger partial charge in [0.25, 0.3) is 11.7 Å². The first-order valence-electron chi connectivity index (χ1n) is 6.15. The van der Waals surface area contributed by atoms with Gasteiger partial charge in [-0.3, -0.25) is 14.6 Å². The van der Waals surface area contributed by atoms with Crippen LogP contribution in [0.5, 0.6) is 5.75 Å². The first kappa shape index (κ1) is 12.3. The van der Waals surface area contributed by atoms with Crippen LogP contribution >= 0.6 is 0 Å². The third-order valence-corrected chi connectivity index (χ3v) is 3.23. The molecule has 0 fully saturated rings. The summed E-state index contributed by atoms with van der Waals surface area (Å²) in [5, 5.41) is 0. The van der Waals surface area contributed by atoms with E-state index >= 15 is 0 Å². The van der Waals surface area contributed by atoms with Crippen LogP contribution in [0.1, 0.15) is 15.9 Å². The number of ketones is 1. The summed E-state index contributed by atoms with van der Waals surface area (Å²) in [6.45, 7) is 0.388. The van der Waals surface area contributed by atoms with Crippen molar-refractivity contribution < 1.29 is 14.3 Å². The molecule has 1 aliphatic heterocycles. The van der Waals surface area contributed by atoms with Gasteiger partial charge >= 0.3 is 0 Å². The van der Waals surface area contributed by atoms with Gasteiger partial charge in [-0.15, -0.1) is 0 Å². The van der Waals surface area contributed by atoms with E-state index in [0.29, 0.717) is 23.6 Å². The fourth-order valence-electron chi connectivity index (χ4n) is 2.10. The van der Waals surface area contributed by atoms with Gasteiger partial charge in [-0.1, -0.05) is 0 Å². The number of carbonyl (C=O) groups is 2. The largest absolute Gasteiger partial charge is 0.489 e. The zero-order chi connectivity index (χ0) is 14.1. The van der Waals surface area contributed by atoms with E-state index in [1.165, 1.54) is 4.90 Å². The number of rotatable bonds is 3. The third kappa shape index (κ3) is 2.03. The van der Waals surface area contributed by atoms with E-state index < -0.39 is 11.7 Å². The van der Waals surface area contributed by atoms with Crippen molar-refractivity contribution >= 4 is 17.4 Å². The minimum atomic E-state index is -0.508. The standard InChI is InChI=1S/C15H12N2O3/c1-17-13-3-2-11(8-12(13)14(18)15(17)19)20-9-10-4-6-16-7-5-10/h2-8H,9H2,1H3. The lowest BCUT2D eigenvalue weighted by molar-refractivity contribution is -0.114. The van der Waals surface area contributed by atoms with Gasteiger partial charge in [0.15, 0.2) is 0 Å². The molecule has 3 rings (SSSR count). The number of Topliss-reactive ketones (excluding diaryl/α,β-unsaturated/α-hetero) is 1. The van der Waals surface area contributed by atoms with Crippen LogP contribution in [0, 0.1) is 0 Å². The number of anilines is 1. The van der Waals surface area contributed by atoms with E-state index in [1.54, 1.807) is 37.6 Å². The van der Waals surface area contributed by atoms with E-state index in [1.807, 2.05) is 12.1 Å². The minimum absolute atomic E-state index is 0.388. The van der Waals surface area contributed by atoms with Gasteiger partial charge in [-0.05, 0) is 35.9 Å². The fraction of sp³-hybridized carbons (Fsp3) is 0.133. The number of nitrogens with zero attached hydrogens (tertiary/aromatic N) is 2. The Hall–Kier alpha value is -2.69. The molecule has 0 aliphatic carbocycles. The minimum Gasteiger partial charge on any atom is -0.489 e. The van der Waals surface area contributed by atoms with Crippen LogP contribution in [0.3, 0.4) is 0 Å². The molecule has 1 amide bonds. The summed E-state index contributed by atoms with van der Waals surface area (Å²) in [7, 11) is 1.59. The van der Waals surface area contributed by atoms with Crippen molar-refractivity contribution in [3.63, 3.8) is 0 Å². The molecule has 2 heterocycles. The van der Waals surface area contributed by atoms with Gasteiger partial charge in [-0.2, -0.15) is 0 Å². The number of fused-ring (bicyclic) bond motifs is 1. The van der Waals surface area contributed by atoms with E-state index in [4.69, 9.17) is 4.74 Å². The molecule has 1 aromatic heterocycles. The normalized spacial score (nSPS) is 13.6. The second kappa shape index (κ2) is 4.77. The Bertz CT molecular complexity index is 683. The van der Waals surface area contributed by atoms with E-state index in [-0.39, 0.29) is 0 Å². The molecule has 0 radical (unpaired) electrons. The molecule has 0 bridgehead atoms. The number of benzene rings is 1. The summed E-state index contributed by atoms with van der Waals surface area (Å²) in [6, 6.07) is 8.80. The van der Waals surface area contributed by atoms with Crippen LogP contribution in [0.25, 0.3) is 0 Å². The Morgan fingerprint density at radius 3 is 2.65 bits per heavy atom. The number of hydrogen-bond donors (Lipinski definition) is 0. The molecule has 0 saturated heterocycles. The van der Waals surface area contributed by atoms with Crippen molar-refractivity contribution in [2.45, 2.75) is 6.61 Å². The van der Waals surface area contributed by atoms with Crippen molar-refractivity contribution in [1.82, 2.24) is 4.98 Å². The van der Waals surface area contributed by atoms with Crippen molar-refractivity contribution in [2.24, 2.45) is 0 Å². The number of amides is 1. The van der Waals surface area contributed by atoms with Crippen LogP contribution in [-0.4, -0.2) is 23.7 Å². The average Bonchev–Trinajstić information content (AvgIpc) is 2.71. The molecule has 0 unspecified atom stereocenters. The van der Waals surface area contributed by atoms with Gasteiger partial charge in [0.2, 0.25) is 0 Å². The first-order valence-corrected chi connectivity index (χ1v) is 6.15.